The second kappa shape index (κ2) is 7.98. The number of piperidine rings is 1. The smallest absolute Gasteiger partial charge is 0.124 e. The van der Waals surface area contributed by atoms with Gasteiger partial charge in [0.1, 0.15) is 5.82 Å². The maximum atomic E-state index is 10.0. The van der Waals surface area contributed by atoms with Crippen LogP contribution in [0.2, 0.25) is 5.02 Å². The summed E-state index contributed by atoms with van der Waals surface area (Å²) >= 11 is 6.39. The van der Waals surface area contributed by atoms with E-state index in [4.69, 9.17) is 16.6 Å². The minimum Gasteiger partial charge on any atom is -0.396 e. The zero-order chi connectivity index (χ0) is 18.8. The van der Waals surface area contributed by atoms with E-state index in [1.807, 2.05) is 42.5 Å². The number of nitrogens with zero attached hydrogens (tertiary/aromatic N) is 3. The molecule has 1 aliphatic heterocycles. The molecule has 1 fully saturated rings. The molecule has 3 aromatic rings. The third-order valence-corrected chi connectivity index (χ3v) is 5.77. The largest absolute Gasteiger partial charge is 0.396 e. The number of benzene rings is 2. The molecule has 0 radical (unpaired) electrons. The maximum Gasteiger partial charge on any atom is 0.124 e. The third-order valence-electron chi connectivity index (χ3n) is 5.40. The first-order chi connectivity index (χ1) is 13.2. The Kier molecular flexibility index (Phi) is 5.45. The lowest BCUT2D eigenvalue weighted by molar-refractivity contribution is -0.00293. The summed E-state index contributed by atoms with van der Waals surface area (Å²) < 4.78 is 2.22. The van der Waals surface area contributed by atoms with Gasteiger partial charge in [-0.3, -0.25) is 4.90 Å². The Hall–Kier alpha value is -1.92. The van der Waals surface area contributed by atoms with Gasteiger partial charge in [-0.25, -0.2) is 4.98 Å². The van der Waals surface area contributed by atoms with E-state index in [2.05, 4.69) is 15.5 Å². The molecule has 27 heavy (non-hydrogen) atoms. The van der Waals surface area contributed by atoms with Crippen LogP contribution in [0, 0.1) is 5.92 Å². The van der Waals surface area contributed by atoms with Gasteiger partial charge in [-0.05, 0) is 30.2 Å². The topological polar surface area (TPSA) is 61.5 Å². The SMILES string of the molecule is OC[C@@H]1CN(Cc2nc3ccccc3n2Cc2ccccc2Cl)CC[C@@H]1O. The second-order valence-corrected chi connectivity index (χ2v) is 7.64. The van der Waals surface area contributed by atoms with Crippen LogP contribution in [0.5, 0.6) is 0 Å². The molecule has 0 bridgehead atoms. The summed E-state index contributed by atoms with van der Waals surface area (Å²) in [6.45, 7) is 2.82. The number of halogens is 1. The average molecular weight is 386 g/mol. The van der Waals surface area contributed by atoms with Crippen molar-refractivity contribution in [2.75, 3.05) is 19.7 Å². The molecular weight excluding hydrogens is 362 g/mol. The van der Waals surface area contributed by atoms with Crippen molar-refractivity contribution in [2.24, 2.45) is 5.92 Å². The summed E-state index contributed by atoms with van der Waals surface area (Å²) in [6.07, 6.45) is 0.254. The van der Waals surface area contributed by atoms with E-state index in [9.17, 15) is 10.2 Å². The van der Waals surface area contributed by atoms with Crippen molar-refractivity contribution in [3.05, 3.63) is 64.9 Å². The van der Waals surface area contributed by atoms with Crippen molar-refractivity contribution >= 4 is 22.6 Å². The molecule has 0 amide bonds. The Morgan fingerprint density at radius 2 is 1.85 bits per heavy atom. The van der Waals surface area contributed by atoms with Gasteiger partial charge in [0.05, 0.1) is 30.2 Å². The van der Waals surface area contributed by atoms with Crippen molar-refractivity contribution < 1.29 is 10.2 Å². The Bertz CT molecular complexity index is 927. The molecule has 0 unspecified atom stereocenters. The first-order valence-electron chi connectivity index (χ1n) is 9.34. The minimum absolute atomic E-state index is 0.00764. The molecule has 1 aliphatic rings. The lowest BCUT2D eigenvalue weighted by Crippen LogP contribution is -2.44. The average Bonchev–Trinajstić information content (AvgIpc) is 3.02. The van der Waals surface area contributed by atoms with Crippen LogP contribution >= 0.6 is 11.6 Å². The quantitative estimate of drug-likeness (QED) is 0.709. The predicted octanol–water partition coefficient (Wildman–Crippen LogP) is 2.91. The number of hydrogen-bond acceptors (Lipinski definition) is 4. The van der Waals surface area contributed by atoms with Crippen LogP contribution in [0.15, 0.2) is 48.5 Å². The number of likely N-dealkylation sites (tertiary alicyclic amines) is 1. The lowest BCUT2D eigenvalue weighted by Gasteiger charge is -2.35. The number of rotatable bonds is 5. The molecule has 2 atom stereocenters. The molecule has 2 aromatic carbocycles. The Labute approximate surface area is 163 Å². The molecule has 0 spiro atoms. The van der Waals surface area contributed by atoms with Crippen LogP contribution in [0.4, 0.5) is 0 Å². The Balaban J connectivity index is 1.65. The molecule has 5 nitrogen and oxygen atoms in total. The van der Waals surface area contributed by atoms with E-state index >= 15 is 0 Å². The van der Waals surface area contributed by atoms with E-state index < -0.39 is 6.10 Å². The fraction of sp³-hybridized carbons (Fsp3) is 0.381. The number of fused-ring (bicyclic) bond motifs is 1. The van der Waals surface area contributed by atoms with E-state index in [-0.39, 0.29) is 12.5 Å². The van der Waals surface area contributed by atoms with Gasteiger partial charge in [-0.1, -0.05) is 41.9 Å². The fourth-order valence-electron chi connectivity index (χ4n) is 3.84. The lowest BCUT2D eigenvalue weighted by atomic mass is 9.95. The molecule has 0 aliphatic carbocycles. The first kappa shape index (κ1) is 18.4. The van der Waals surface area contributed by atoms with E-state index in [0.717, 1.165) is 34.0 Å². The van der Waals surface area contributed by atoms with Crippen LogP contribution in [-0.4, -0.2) is 50.5 Å². The Morgan fingerprint density at radius 1 is 1.07 bits per heavy atom. The minimum atomic E-state index is -0.423. The summed E-state index contributed by atoms with van der Waals surface area (Å²) in [7, 11) is 0. The molecular formula is C21H24ClN3O2. The number of imidazole rings is 1. The van der Waals surface area contributed by atoms with Crippen molar-refractivity contribution in [1.82, 2.24) is 14.5 Å². The summed E-state index contributed by atoms with van der Waals surface area (Å²) in [5.41, 5.74) is 3.12. The maximum absolute atomic E-state index is 10.0. The van der Waals surface area contributed by atoms with Crippen LogP contribution < -0.4 is 0 Å². The number of para-hydroxylation sites is 2. The summed E-state index contributed by atoms with van der Waals surface area (Å²) in [4.78, 5) is 7.12. The zero-order valence-electron chi connectivity index (χ0n) is 15.1. The molecule has 142 valence electrons. The highest BCUT2D eigenvalue weighted by molar-refractivity contribution is 6.31. The Morgan fingerprint density at radius 3 is 2.67 bits per heavy atom. The highest BCUT2D eigenvalue weighted by Crippen LogP contribution is 2.24. The van der Waals surface area contributed by atoms with Crippen molar-refractivity contribution in [3.8, 4) is 0 Å². The van der Waals surface area contributed by atoms with E-state index in [1.165, 1.54) is 0 Å². The zero-order valence-corrected chi connectivity index (χ0v) is 15.9. The highest BCUT2D eigenvalue weighted by Gasteiger charge is 2.28. The van der Waals surface area contributed by atoms with Crippen LogP contribution in [0.1, 0.15) is 17.8 Å². The molecule has 0 saturated carbocycles. The standard InChI is InChI=1S/C21H24ClN3O2/c22-17-6-2-1-5-15(17)12-25-19-8-4-3-7-18(19)23-21(25)13-24-10-9-20(27)16(11-24)14-26/h1-8,16,20,26-27H,9-14H2/t16-,20-/m0/s1. The van der Waals surface area contributed by atoms with Crippen molar-refractivity contribution in [3.63, 3.8) is 0 Å². The van der Waals surface area contributed by atoms with Crippen LogP contribution in [-0.2, 0) is 13.1 Å². The highest BCUT2D eigenvalue weighted by atomic mass is 35.5. The predicted molar refractivity (Wildman–Crippen MR) is 107 cm³/mol. The molecule has 2 heterocycles. The second-order valence-electron chi connectivity index (χ2n) is 7.23. The molecule has 2 N–H and O–H groups in total. The molecule has 1 saturated heterocycles. The third kappa shape index (κ3) is 3.87. The molecule has 4 rings (SSSR count). The van der Waals surface area contributed by atoms with Gasteiger partial charge in [0.25, 0.3) is 0 Å². The van der Waals surface area contributed by atoms with Gasteiger partial charge < -0.3 is 14.8 Å². The van der Waals surface area contributed by atoms with Crippen LogP contribution in [0.25, 0.3) is 11.0 Å². The van der Waals surface area contributed by atoms with Crippen molar-refractivity contribution in [2.45, 2.75) is 25.6 Å². The van der Waals surface area contributed by atoms with Gasteiger partial charge >= 0.3 is 0 Å². The number of aliphatic hydroxyl groups excluding tert-OH is 2. The van der Waals surface area contributed by atoms with Gasteiger partial charge in [0.2, 0.25) is 0 Å². The van der Waals surface area contributed by atoms with Crippen LogP contribution in [0.3, 0.4) is 0 Å². The monoisotopic (exact) mass is 385 g/mol. The summed E-state index contributed by atoms with van der Waals surface area (Å²) in [6, 6.07) is 16.0. The van der Waals surface area contributed by atoms with Gasteiger partial charge in [0, 0.05) is 30.6 Å². The summed E-state index contributed by atoms with van der Waals surface area (Å²) in [5, 5.41) is 20.3. The molecule has 6 heteroatoms. The molecule has 1 aromatic heterocycles. The van der Waals surface area contributed by atoms with Gasteiger partial charge in [-0.15, -0.1) is 0 Å². The van der Waals surface area contributed by atoms with E-state index in [1.54, 1.807) is 0 Å². The number of aromatic nitrogens is 2. The van der Waals surface area contributed by atoms with Crippen molar-refractivity contribution in [1.29, 1.82) is 0 Å². The normalized spacial score (nSPS) is 21.0. The van der Waals surface area contributed by atoms with E-state index in [0.29, 0.717) is 26.1 Å². The first-order valence-corrected chi connectivity index (χ1v) is 9.72. The fourth-order valence-corrected chi connectivity index (χ4v) is 4.03. The van der Waals surface area contributed by atoms with Gasteiger partial charge in [0.15, 0.2) is 0 Å². The van der Waals surface area contributed by atoms with Gasteiger partial charge in [-0.2, -0.15) is 0 Å². The number of aliphatic hydroxyl groups is 2. The number of hydrogen-bond donors (Lipinski definition) is 2. The summed E-state index contributed by atoms with van der Waals surface area (Å²) in [5.74, 6) is 0.879.